The van der Waals surface area contributed by atoms with E-state index in [1.165, 1.54) is 29.2 Å². The SMILES string of the molecule is Cc1ccccc1CSc1ncnc(Cl)c1C=O. The maximum absolute atomic E-state index is 10.9. The Morgan fingerprint density at radius 1 is 1.33 bits per heavy atom. The molecule has 0 aliphatic heterocycles. The lowest BCUT2D eigenvalue weighted by Gasteiger charge is -2.06. The number of nitrogens with zero attached hydrogens (tertiary/aromatic N) is 2. The summed E-state index contributed by atoms with van der Waals surface area (Å²) >= 11 is 7.33. The molecule has 0 unspecified atom stereocenters. The Labute approximate surface area is 115 Å². The Balaban J connectivity index is 2.18. The summed E-state index contributed by atoms with van der Waals surface area (Å²) in [6, 6.07) is 8.12. The number of benzene rings is 1. The fraction of sp³-hybridized carbons (Fsp3) is 0.154. The number of rotatable bonds is 4. The summed E-state index contributed by atoms with van der Waals surface area (Å²) in [5.41, 5.74) is 2.80. The van der Waals surface area contributed by atoms with Crippen molar-refractivity contribution in [3.05, 3.63) is 52.4 Å². The van der Waals surface area contributed by atoms with Gasteiger partial charge in [0.15, 0.2) is 6.29 Å². The van der Waals surface area contributed by atoms with Gasteiger partial charge in [-0.2, -0.15) is 0 Å². The van der Waals surface area contributed by atoms with E-state index < -0.39 is 0 Å². The molecule has 0 spiro atoms. The lowest BCUT2D eigenvalue weighted by atomic mass is 10.1. The molecule has 0 atom stereocenters. The van der Waals surface area contributed by atoms with Gasteiger partial charge in [-0.05, 0) is 18.1 Å². The topological polar surface area (TPSA) is 42.9 Å². The molecule has 5 heteroatoms. The molecule has 0 saturated heterocycles. The summed E-state index contributed by atoms with van der Waals surface area (Å²) in [5.74, 6) is 0.751. The first-order chi connectivity index (χ1) is 8.72. The molecule has 1 aromatic carbocycles. The van der Waals surface area contributed by atoms with Gasteiger partial charge in [-0.15, -0.1) is 11.8 Å². The molecule has 2 rings (SSSR count). The molecule has 2 aromatic rings. The standard InChI is InChI=1S/C13H11ClN2OS/c1-9-4-2-3-5-10(9)7-18-13-11(6-17)12(14)15-8-16-13/h2-6,8H,7H2,1H3. The van der Waals surface area contributed by atoms with Gasteiger partial charge in [0, 0.05) is 5.75 Å². The average Bonchev–Trinajstić information content (AvgIpc) is 2.38. The first-order valence-electron chi connectivity index (χ1n) is 5.35. The van der Waals surface area contributed by atoms with Crippen molar-refractivity contribution < 1.29 is 4.79 Å². The summed E-state index contributed by atoms with van der Waals surface area (Å²) in [5, 5.41) is 0.820. The van der Waals surface area contributed by atoms with Crippen molar-refractivity contribution in [2.45, 2.75) is 17.7 Å². The van der Waals surface area contributed by atoms with Gasteiger partial charge in [0.05, 0.1) is 5.56 Å². The van der Waals surface area contributed by atoms with Crippen LogP contribution in [-0.2, 0) is 5.75 Å². The van der Waals surface area contributed by atoms with Crippen LogP contribution >= 0.6 is 23.4 Å². The molecular formula is C13H11ClN2OS. The summed E-state index contributed by atoms with van der Waals surface area (Å²) in [4.78, 5) is 18.8. The highest BCUT2D eigenvalue weighted by atomic mass is 35.5. The van der Waals surface area contributed by atoms with Crippen molar-refractivity contribution in [2.75, 3.05) is 0 Å². The highest BCUT2D eigenvalue weighted by Crippen LogP contribution is 2.27. The minimum atomic E-state index is 0.201. The lowest BCUT2D eigenvalue weighted by Crippen LogP contribution is -1.95. The van der Waals surface area contributed by atoms with Crippen LogP contribution in [0.15, 0.2) is 35.6 Å². The minimum absolute atomic E-state index is 0.201. The molecule has 0 radical (unpaired) electrons. The van der Waals surface area contributed by atoms with Gasteiger partial charge in [-0.1, -0.05) is 35.9 Å². The second kappa shape index (κ2) is 5.98. The summed E-state index contributed by atoms with van der Waals surface area (Å²) < 4.78 is 0. The highest BCUT2D eigenvalue weighted by Gasteiger charge is 2.10. The van der Waals surface area contributed by atoms with Crippen molar-refractivity contribution in [2.24, 2.45) is 0 Å². The monoisotopic (exact) mass is 278 g/mol. The smallest absolute Gasteiger partial charge is 0.155 e. The molecule has 92 valence electrons. The predicted molar refractivity (Wildman–Crippen MR) is 73.2 cm³/mol. The molecule has 18 heavy (non-hydrogen) atoms. The molecule has 0 saturated carbocycles. The lowest BCUT2D eigenvalue weighted by molar-refractivity contribution is 0.112. The van der Waals surface area contributed by atoms with E-state index in [9.17, 15) is 4.79 Å². The first kappa shape index (κ1) is 13.1. The maximum atomic E-state index is 10.9. The van der Waals surface area contributed by atoms with E-state index in [0.29, 0.717) is 16.9 Å². The van der Waals surface area contributed by atoms with E-state index in [1.54, 1.807) is 0 Å². The van der Waals surface area contributed by atoms with Crippen LogP contribution in [0.2, 0.25) is 5.15 Å². The normalized spacial score (nSPS) is 10.3. The third-order valence-corrected chi connectivity index (χ3v) is 3.90. The van der Waals surface area contributed by atoms with Crippen molar-refractivity contribution in [3.8, 4) is 0 Å². The molecule has 3 nitrogen and oxygen atoms in total. The number of thioether (sulfide) groups is 1. The zero-order valence-electron chi connectivity index (χ0n) is 9.76. The second-order valence-corrected chi connectivity index (χ2v) is 5.04. The van der Waals surface area contributed by atoms with Crippen LogP contribution in [0, 0.1) is 6.92 Å². The van der Waals surface area contributed by atoms with Crippen LogP contribution in [0.4, 0.5) is 0 Å². The highest BCUT2D eigenvalue weighted by molar-refractivity contribution is 7.98. The van der Waals surface area contributed by atoms with Gasteiger partial charge in [0.25, 0.3) is 0 Å². The van der Waals surface area contributed by atoms with Crippen LogP contribution in [0.25, 0.3) is 0 Å². The van der Waals surface area contributed by atoms with Gasteiger partial charge >= 0.3 is 0 Å². The van der Waals surface area contributed by atoms with Crippen LogP contribution < -0.4 is 0 Å². The van der Waals surface area contributed by atoms with Gasteiger partial charge in [0.1, 0.15) is 16.5 Å². The molecule has 0 amide bonds. The van der Waals surface area contributed by atoms with Crippen LogP contribution in [0.1, 0.15) is 21.5 Å². The van der Waals surface area contributed by atoms with E-state index in [0.717, 1.165) is 5.75 Å². The van der Waals surface area contributed by atoms with E-state index in [-0.39, 0.29) is 5.15 Å². The Hall–Kier alpha value is -1.39. The zero-order valence-corrected chi connectivity index (χ0v) is 11.3. The number of aromatic nitrogens is 2. The van der Waals surface area contributed by atoms with Crippen molar-refractivity contribution >= 4 is 29.6 Å². The molecular weight excluding hydrogens is 268 g/mol. The van der Waals surface area contributed by atoms with Crippen LogP contribution in [0.3, 0.4) is 0 Å². The number of carbonyl (C=O) groups excluding carboxylic acids is 1. The summed E-state index contributed by atoms with van der Waals surface area (Å²) in [6.45, 7) is 2.06. The summed E-state index contributed by atoms with van der Waals surface area (Å²) in [7, 11) is 0. The predicted octanol–water partition coefficient (Wildman–Crippen LogP) is 3.54. The number of aryl methyl sites for hydroxylation is 1. The molecule has 0 bridgehead atoms. The molecule has 0 fully saturated rings. The Kier molecular flexibility index (Phi) is 4.33. The molecule has 1 aromatic heterocycles. The van der Waals surface area contributed by atoms with Crippen molar-refractivity contribution in [3.63, 3.8) is 0 Å². The Morgan fingerprint density at radius 3 is 2.83 bits per heavy atom. The van der Waals surface area contributed by atoms with Crippen LogP contribution in [0.5, 0.6) is 0 Å². The first-order valence-corrected chi connectivity index (χ1v) is 6.71. The third kappa shape index (κ3) is 2.89. The number of halogens is 1. The average molecular weight is 279 g/mol. The third-order valence-electron chi connectivity index (χ3n) is 2.54. The van der Waals surface area contributed by atoms with E-state index in [4.69, 9.17) is 11.6 Å². The van der Waals surface area contributed by atoms with E-state index in [2.05, 4.69) is 29.0 Å². The Morgan fingerprint density at radius 2 is 2.11 bits per heavy atom. The summed E-state index contributed by atoms with van der Waals surface area (Å²) in [6.07, 6.45) is 2.07. The number of hydrogen-bond donors (Lipinski definition) is 0. The van der Waals surface area contributed by atoms with E-state index >= 15 is 0 Å². The molecule has 1 heterocycles. The quantitative estimate of drug-likeness (QED) is 0.487. The van der Waals surface area contributed by atoms with Gasteiger partial charge in [-0.25, -0.2) is 9.97 Å². The number of hydrogen-bond acceptors (Lipinski definition) is 4. The Bertz CT molecular complexity index is 575. The maximum Gasteiger partial charge on any atom is 0.155 e. The van der Waals surface area contributed by atoms with Crippen molar-refractivity contribution in [1.82, 2.24) is 9.97 Å². The number of aldehydes is 1. The van der Waals surface area contributed by atoms with Gasteiger partial charge in [0.2, 0.25) is 0 Å². The number of carbonyl (C=O) groups is 1. The van der Waals surface area contributed by atoms with Crippen molar-refractivity contribution in [1.29, 1.82) is 0 Å². The zero-order chi connectivity index (χ0) is 13.0. The fourth-order valence-electron chi connectivity index (χ4n) is 1.49. The fourth-order valence-corrected chi connectivity index (χ4v) is 2.76. The largest absolute Gasteiger partial charge is 0.298 e. The minimum Gasteiger partial charge on any atom is -0.298 e. The molecule has 0 aliphatic carbocycles. The second-order valence-electron chi connectivity index (χ2n) is 3.72. The molecule has 0 aliphatic rings. The van der Waals surface area contributed by atoms with E-state index in [1.807, 2.05) is 12.1 Å². The molecule has 0 N–H and O–H groups in total. The van der Waals surface area contributed by atoms with Crippen LogP contribution in [-0.4, -0.2) is 16.3 Å². The van der Waals surface area contributed by atoms with Gasteiger partial charge in [-0.3, -0.25) is 4.79 Å². The van der Waals surface area contributed by atoms with Gasteiger partial charge < -0.3 is 0 Å².